The fourth-order valence-corrected chi connectivity index (χ4v) is 0.468. The van der Waals surface area contributed by atoms with Gasteiger partial charge in [0.2, 0.25) is 0 Å². The smallest absolute Gasteiger partial charge is 0.0270 e. The molecule has 58 valence electrons. The summed E-state index contributed by atoms with van der Waals surface area (Å²) in [5, 5.41) is 7.69. The van der Waals surface area contributed by atoms with E-state index in [0.717, 1.165) is 25.7 Å². The molecule has 0 aliphatic rings. The molecule has 0 amide bonds. The van der Waals surface area contributed by atoms with E-state index in [1.807, 2.05) is 12.4 Å². The Kier molecular flexibility index (Phi) is 7.79. The van der Waals surface area contributed by atoms with Crippen LogP contribution in [-0.4, -0.2) is 12.4 Å². The Morgan fingerprint density at radius 3 is 1.60 bits per heavy atom. The second kappa shape index (κ2) is 8.34. The maximum Gasteiger partial charge on any atom is 0.0270 e. The molecule has 0 aromatic carbocycles. The summed E-state index contributed by atoms with van der Waals surface area (Å²) < 4.78 is 0. The molecule has 0 aromatic rings. The van der Waals surface area contributed by atoms with Crippen molar-refractivity contribution in [2.75, 3.05) is 0 Å². The van der Waals surface area contributed by atoms with Gasteiger partial charge in [-0.25, -0.2) is 0 Å². The summed E-state index contributed by atoms with van der Waals surface area (Å²) in [7, 11) is 0. The summed E-state index contributed by atoms with van der Waals surface area (Å²) in [4.78, 5) is 0. The molecule has 0 aromatic heterocycles. The zero-order valence-electron chi connectivity index (χ0n) is 6.88. The first kappa shape index (κ1) is 9.34. The van der Waals surface area contributed by atoms with E-state index in [9.17, 15) is 0 Å². The minimum atomic E-state index is 1.03. The highest BCUT2D eigenvalue weighted by Crippen LogP contribution is 1.83. The minimum absolute atomic E-state index is 1.03. The molecule has 2 heteroatoms. The van der Waals surface area contributed by atoms with Crippen LogP contribution in [0.4, 0.5) is 0 Å². The van der Waals surface area contributed by atoms with E-state index in [1.54, 1.807) is 0 Å². The van der Waals surface area contributed by atoms with Gasteiger partial charge in [-0.3, -0.25) is 0 Å². The van der Waals surface area contributed by atoms with Crippen molar-refractivity contribution in [1.29, 1.82) is 0 Å². The van der Waals surface area contributed by atoms with Crippen LogP contribution in [-0.2, 0) is 0 Å². The predicted molar refractivity (Wildman–Crippen MR) is 46.8 cm³/mol. The van der Waals surface area contributed by atoms with Crippen LogP contribution in [0.15, 0.2) is 10.2 Å². The van der Waals surface area contributed by atoms with E-state index in [4.69, 9.17) is 0 Å². The highest BCUT2D eigenvalue weighted by atomic mass is 15.2. The van der Waals surface area contributed by atoms with Crippen molar-refractivity contribution < 1.29 is 0 Å². The van der Waals surface area contributed by atoms with Gasteiger partial charge < -0.3 is 0 Å². The van der Waals surface area contributed by atoms with Crippen molar-refractivity contribution in [2.45, 2.75) is 39.5 Å². The summed E-state index contributed by atoms with van der Waals surface area (Å²) in [5.41, 5.74) is 0. The highest BCUT2D eigenvalue weighted by Gasteiger charge is 1.72. The summed E-state index contributed by atoms with van der Waals surface area (Å²) in [6, 6.07) is 0. The molecular weight excluding hydrogens is 124 g/mol. The lowest BCUT2D eigenvalue weighted by Gasteiger charge is -1.81. The Bertz CT molecular complexity index is 91.8. The van der Waals surface area contributed by atoms with Crippen LogP contribution >= 0.6 is 0 Å². The average Bonchev–Trinajstić information content (AvgIpc) is 1.97. The SMILES string of the molecule is CCCC=NN=CCCC. The van der Waals surface area contributed by atoms with Gasteiger partial charge in [-0.1, -0.05) is 26.7 Å². The van der Waals surface area contributed by atoms with Crippen LogP contribution in [0, 0.1) is 0 Å². The highest BCUT2D eigenvalue weighted by molar-refractivity contribution is 5.61. The van der Waals surface area contributed by atoms with E-state index < -0.39 is 0 Å². The Labute approximate surface area is 63.1 Å². The summed E-state index contributed by atoms with van der Waals surface area (Å²) in [6.45, 7) is 4.25. The molecule has 0 aliphatic carbocycles. The molecule has 0 unspecified atom stereocenters. The maximum absolute atomic E-state index is 3.84. The van der Waals surface area contributed by atoms with Crippen LogP contribution in [0.3, 0.4) is 0 Å². The van der Waals surface area contributed by atoms with Crippen LogP contribution in [0.1, 0.15) is 39.5 Å². The summed E-state index contributed by atoms with van der Waals surface area (Å²) in [5.74, 6) is 0. The molecule has 0 fully saturated rings. The Morgan fingerprint density at radius 2 is 1.30 bits per heavy atom. The van der Waals surface area contributed by atoms with Crippen LogP contribution in [0.5, 0.6) is 0 Å². The van der Waals surface area contributed by atoms with Crippen molar-refractivity contribution in [2.24, 2.45) is 10.2 Å². The van der Waals surface area contributed by atoms with Gasteiger partial charge in [-0.15, -0.1) is 0 Å². The standard InChI is InChI=1S/C8H16N2/c1-3-5-7-9-10-8-6-4-2/h7-8H,3-6H2,1-2H3. The third-order valence-electron chi connectivity index (χ3n) is 1.07. The molecule has 0 rings (SSSR count). The van der Waals surface area contributed by atoms with Crippen LogP contribution in [0.2, 0.25) is 0 Å². The van der Waals surface area contributed by atoms with Gasteiger partial charge in [0.25, 0.3) is 0 Å². The largest absolute Gasteiger partial charge is 0.164 e. The minimum Gasteiger partial charge on any atom is -0.164 e. The number of unbranched alkanes of at least 4 members (excludes halogenated alkanes) is 2. The molecular formula is C8H16N2. The van der Waals surface area contributed by atoms with E-state index in [2.05, 4.69) is 24.1 Å². The third-order valence-corrected chi connectivity index (χ3v) is 1.07. The van der Waals surface area contributed by atoms with Gasteiger partial charge >= 0.3 is 0 Å². The normalized spacial score (nSPS) is 11.8. The Balaban J connectivity index is 3.15. The van der Waals surface area contributed by atoms with Gasteiger partial charge in [0.15, 0.2) is 0 Å². The molecule has 10 heavy (non-hydrogen) atoms. The topological polar surface area (TPSA) is 24.7 Å². The molecule has 0 saturated carbocycles. The number of hydrogen-bond acceptors (Lipinski definition) is 2. The predicted octanol–water partition coefficient (Wildman–Crippen LogP) is 2.64. The van der Waals surface area contributed by atoms with Crippen molar-refractivity contribution in [1.82, 2.24) is 0 Å². The molecule has 0 heterocycles. The zero-order valence-corrected chi connectivity index (χ0v) is 6.88. The van der Waals surface area contributed by atoms with Gasteiger partial charge in [-0.05, 0) is 12.8 Å². The molecule has 0 saturated heterocycles. The van der Waals surface area contributed by atoms with Crippen molar-refractivity contribution in [3.8, 4) is 0 Å². The molecule has 0 aliphatic heterocycles. The second-order valence-corrected chi connectivity index (χ2v) is 2.17. The van der Waals surface area contributed by atoms with E-state index in [1.165, 1.54) is 0 Å². The summed E-state index contributed by atoms with van der Waals surface area (Å²) in [6.07, 6.45) is 8.06. The fraction of sp³-hybridized carbons (Fsp3) is 0.750. The van der Waals surface area contributed by atoms with E-state index in [-0.39, 0.29) is 0 Å². The van der Waals surface area contributed by atoms with E-state index >= 15 is 0 Å². The lowest BCUT2D eigenvalue weighted by atomic mass is 10.4. The number of nitrogens with zero attached hydrogens (tertiary/aromatic N) is 2. The van der Waals surface area contributed by atoms with Gasteiger partial charge in [0.1, 0.15) is 0 Å². The summed E-state index contributed by atoms with van der Waals surface area (Å²) >= 11 is 0. The van der Waals surface area contributed by atoms with Crippen LogP contribution in [0.25, 0.3) is 0 Å². The second-order valence-electron chi connectivity index (χ2n) is 2.17. The first-order valence-corrected chi connectivity index (χ1v) is 3.95. The van der Waals surface area contributed by atoms with Gasteiger partial charge in [0.05, 0.1) is 0 Å². The lowest BCUT2D eigenvalue weighted by Crippen LogP contribution is -1.72. The number of hydrogen-bond donors (Lipinski definition) is 0. The molecule has 0 spiro atoms. The molecule has 2 nitrogen and oxygen atoms in total. The van der Waals surface area contributed by atoms with E-state index in [0.29, 0.717) is 0 Å². The Hall–Kier alpha value is -0.660. The molecule has 0 atom stereocenters. The lowest BCUT2D eigenvalue weighted by molar-refractivity contribution is 0.988. The first-order valence-electron chi connectivity index (χ1n) is 3.95. The zero-order chi connectivity index (χ0) is 7.66. The van der Waals surface area contributed by atoms with Crippen molar-refractivity contribution in [3.05, 3.63) is 0 Å². The Morgan fingerprint density at radius 1 is 0.900 bits per heavy atom. The fourth-order valence-electron chi connectivity index (χ4n) is 0.468. The molecule has 0 radical (unpaired) electrons. The quantitative estimate of drug-likeness (QED) is 0.414. The molecule has 0 N–H and O–H groups in total. The van der Waals surface area contributed by atoms with Gasteiger partial charge in [0, 0.05) is 12.4 Å². The maximum atomic E-state index is 3.84. The monoisotopic (exact) mass is 140 g/mol. The third kappa shape index (κ3) is 7.34. The van der Waals surface area contributed by atoms with Gasteiger partial charge in [-0.2, -0.15) is 10.2 Å². The number of rotatable bonds is 5. The van der Waals surface area contributed by atoms with Crippen molar-refractivity contribution in [3.63, 3.8) is 0 Å². The first-order chi connectivity index (χ1) is 4.91. The average molecular weight is 140 g/mol. The van der Waals surface area contributed by atoms with Crippen molar-refractivity contribution >= 4 is 12.4 Å². The molecule has 0 bridgehead atoms. The van der Waals surface area contributed by atoms with Crippen LogP contribution < -0.4 is 0 Å².